The molecular weight excluding hydrogens is 969 g/mol. The maximum atomic E-state index is 14.0. The predicted octanol–water partition coefficient (Wildman–Crippen LogP) is 0.641. The molecule has 0 saturated carbocycles. The lowest BCUT2D eigenvalue weighted by Crippen LogP contribution is -2.53. The Kier molecular flexibility index (Phi) is 15.7. The average Bonchev–Trinajstić information content (AvgIpc) is 3.30. The number of benzene rings is 4. The van der Waals surface area contributed by atoms with Gasteiger partial charge >= 0.3 is 11.9 Å². The molecule has 16 rings (SSSR count). The zero-order chi connectivity index (χ0) is 48.8. The summed E-state index contributed by atoms with van der Waals surface area (Å²) in [5, 5.41) is 70.9. The highest BCUT2D eigenvalue weighted by atomic mass is 33.1. The zero-order valence-electron chi connectivity index (χ0n) is 35.2. The predicted molar refractivity (Wildman–Crippen MR) is 243 cm³/mol. The van der Waals surface area contributed by atoms with Crippen LogP contribution in [0.15, 0.2) is 70.6 Å². The number of rotatable bonds is 4. The van der Waals surface area contributed by atoms with E-state index in [1.807, 2.05) is 0 Å². The van der Waals surface area contributed by atoms with Gasteiger partial charge in [-0.3, -0.25) is 39.0 Å². The molecule has 0 radical (unpaired) electrons. The molecule has 2 N–H and O–H groups in total. The Bertz CT molecular complexity index is 2550. The molecule has 0 fully saturated rings. The second-order valence-electron chi connectivity index (χ2n) is 15.2. The first-order valence-corrected chi connectivity index (χ1v) is 25.5. The quantitative estimate of drug-likeness (QED) is 0.209. The summed E-state index contributed by atoms with van der Waals surface area (Å²) in [7, 11) is 3.25. The summed E-state index contributed by atoms with van der Waals surface area (Å²) in [5.74, 6) is -12.8. The number of carboxylic acid groups (broad SMARTS) is 4. The zero-order valence-corrected chi connectivity index (χ0v) is 38.5. The number of hydrogen-bond donors (Lipinski definition) is 2. The molecule has 0 aromatic heterocycles. The minimum atomic E-state index is -1.80. The highest BCUT2D eigenvalue weighted by Gasteiger charge is 2.46. The minimum Gasteiger partial charge on any atom is -0.862 e. The molecule has 12 heterocycles. The Balaban J connectivity index is 1.13. The van der Waals surface area contributed by atoms with E-state index in [0.717, 1.165) is 78.2 Å². The molecule has 0 saturated heterocycles. The molecule has 12 aliphatic rings. The van der Waals surface area contributed by atoms with Crippen molar-refractivity contribution in [3.05, 3.63) is 82.9 Å². The number of nitrogens with zero attached hydrogens (tertiary/aromatic N) is 4. The Hall–Kier alpha value is -6.50. The van der Waals surface area contributed by atoms with E-state index in [-0.39, 0.29) is 83.4 Å². The molecule has 12 bridgehead atoms. The highest BCUT2D eigenvalue weighted by Crippen LogP contribution is 2.40. The molecule has 4 amide bonds. The molecule has 20 nitrogen and oxygen atoms in total. The van der Waals surface area contributed by atoms with Gasteiger partial charge in [0.1, 0.15) is 23.6 Å². The standard InChI is InChI=1S/C44H40N4O16S4/c49-33-3-1-13-63-23-7-5-22-16-24(8-6-21(22)15-23)64-14-2-4-34(50)46-30(42(57)58)18-66-68-20-32(44(61)62)48-39(53)27-11-9-25-35-26(10-12-28(36(27)35)40(48)54)38(52)47(37(25)51)31(43(59)60)19-67-65-17-29(45-33)41(55)56/h5-12,15-16,29-32H,1-4,13-14,17-20H2,(H,45,49)(H,46,50)(H,55,56)(H,57,58)(H,59,60)(H,61,62)/p-4/t29-,30-,31-,32-/m0/s1. The average molecular weight is 1010 g/mol. The van der Waals surface area contributed by atoms with Crippen LogP contribution < -0.4 is 29.9 Å². The number of aliphatic carboxylic acids is 4. The van der Waals surface area contributed by atoms with E-state index in [2.05, 4.69) is 9.98 Å². The molecule has 4 aromatic rings. The minimum absolute atomic E-state index is 0.0922. The van der Waals surface area contributed by atoms with Gasteiger partial charge in [0.15, 0.2) is 0 Å². The SMILES string of the molecule is O=C([O-])[C@@H]1CSSC[C@@H](C(=O)O)N2C(=O)c3ccc4c5c(ccc(c35)C2=O)C(=O)N(C4=O)[C@H](C(=O)O)CSSC[C@@H](C(=O)[O-])N=C([O-])CCCOc2ccc3cc(ccc3c2)OCCCC([O-])=N1. The topological polar surface area (TPSA) is 319 Å². The molecule has 356 valence electrons. The van der Waals surface area contributed by atoms with E-state index in [4.69, 9.17) is 9.47 Å². The normalized spacial score (nSPS) is 21.8. The number of amides is 4. The summed E-state index contributed by atoms with van der Waals surface area (Å²) in [5.41, 5.74) is -0.912. The molecule has 68 heavy (non-hydrogen) atoms. The van der Waals surface area contributed by atoms with Gasteiger partial charge in [-0.2, -0.15) is 0 Å². The molecular formula is C44H36N4O16S4-4. The number of imide groups is 2. The third-order valence-electron chi connectivity index (χ3n) is 10.8. The molecule has 0 spiro atoms. The lowest BCUT2D eigenvalue weighted by Gasteiger charge is -2.35. The fraction of sp³-hybridized carbons (Fsp3) is 0.318. The van der Waals surface area contributed by atoms with E-state index in [9.17, 15) is 69.0 Å². The molecule has 24 heteroatoms. The summed E-state index contributed by atoms with van der Waals surface area (Å²) < 4.78 is 11.6. The summed E-state index contributed by atoms with van der Waals surface area (Å²) in [6, 6.07) is 8.28. The van der Waals surface area contributed by atoms with Crippen LogP contribution in [0.4, 0.5) is 0 Å². The second-order valence-corrected chi connectivity index (χ2v) is 20.3. The van der Waals surface area contributed by atoms with Crippen molar-refractivity contribution in [3.63, 3.8) is 0 Å². The van der Waals surface area contributed by atoms with E-state index in [1.165, 1.54) is 0 Å². The van der Waals surface area contributed by atoms with Crippen LogP contribution in [-0.2, 0) is 19.2 Å². The molecule has 4 atom stereocenters. The number of aliphatic imine (C=N–C) groups is 2. The van der Waals surface area contributed by atoms with Gasteiger partial charge in [-0.1, -0.05) is 55.3 Å². The van der Waals surface area contributed by atoms with Crippen LogP contribution in [0.3, 0.4) is 0 Å². The van der Waals surface area contributed by atoms with Crippen molar-refractivity contribution in [1.29, 1.82) is 0 Å². The Morgan fingerprint density at radius 2 is 0.882 bits per heavy atom. The van der Waals surface area contributed by atoms with E-state index < -0.39 is 95.0 Å². The van der Waals surface area contributed by atoms with Crippen molar-refractivity contribution in [1.82, 2.24) is 9.80 Å². The van der Waals surface area contributed by atoms with Gasteiger partial charge in [0.2, 0.25) is 0 Å². The van der Waals surface area contributed by atoms with Gasteiger partial charge in [0.05, 0.1) is 37.2 Å². The number of ether oxygens (including phenoxy) is 2. The van der Waals surface area contributed by atoms with Crippen LogP contribution in [-0.4, -0.2) is 140 Å². The fourth-order valence-corrected chi connectivity index (χ4v) is 12.0. The number of carbonyl (C=O) groups excluding carboxylic acids is 6. The van der Waals surface area contributed by atoms with Crippen LogP contribution in [0.25, 0.3) is 21.5 Å². The molecule has 0 aliphatic carbocycles. The van der Waals surface area contributed by atoms with Gasteiger partial charge < -0.3 is 49.7 Å². The van der Waals surface area contributed by atoms with Crippen molar-refractivity contribution in [3.8, 4) is 11.5 Å². The summed E-state index contributed by atoms with van der Waals surface area (Å²) in [4.78, 5) is 113. The largest absolute Gasteiger partial charge is 0.862 e. The van der Waals surface area contributed by atoms with Gasteiger partial charge in [0.25, 0.3) is 23.6 Å². The lowest BCUT2D eigenvalue weighted by atomic mass is 9.85. The van der Waals surface area contributed by atoms with Crippen LogP contribution >= 0.6 is 43.2 Å². The van der Waals surface area contributed by atoms with Crippen LogP contribution in [0.1, 0.15) is 67.1 Å². The van der Waals surface area contributed by atoms with Crippen molar-refractivity contribution in [2.45, 2.75) is 49.9 Å². The van der Waals surface area contributed by atoms with Gasteiger partial charge in [0, 0.05) is 56.0 Å². The van der Waals surface area contributed by atoms with Gasteiger partial charge in [-0.05, 0) is 96.8 Å². The molecule has 4 aromatic carbocycles. The molecule has 0 unspecified atom stereocenters. The highest BCUT2D eigenvalue weighted by molar-refractivity contribution is 8.77. The smallest absolute Gasteiger partial charge is 0.327 e. The fourth-order valence-electron chi connectivity index (χ4n) is 7.44. The maximum absolute atomic E-state index is 14.0. The van der Waals surface area contributed by atoms with Crippen LogP contribution in [0.2, 0.25) is 0 Å². The second kappa shape index (κ2) is 21.6. The molecule has 12 aliphatic heterocycles. The maximum Gasteiger partial charge on any atom is 0.327 e. The summed E-state index contributed by atoms with van der Waals surface area (Å²) in [6.45, 7) is 0.184. The Morgan fingerprint density at radius 1 is 0.544 bits per heavy atom. The first-order valence-electron chi connectivity index (χ1n) is 20.5. The van der Waals surface area contributed by atoms with Crippen LogP contribution in [0.5, 0.6) is 11.5 Å². The van der Waals surface area contributed by atoms with Crippen LogP contribution in [0, 0.1) is 0 Å². The van der Waals surface area contributed by atoms with E-state index in [0.29, 0.717) is 21.3 Å². The number of carboxylic acids is 4. The summed E-state index contributed by atoms with van der Waals surface area (Å²) >= 11 is 0. The van der Waals surface area contributed by atoms with E-state index >= 15 is 0 Å². The first kappa shape index (κ1) is 49.4. The third-order valence-corrected chi connectivity index (χ3v) is 15.5. The summed E-state index contributed by atoms with van der Waals surface area (Å²) in [6.07, 6.45) is 0.0485. The Labute approximate surface area is 400 Å². The van der Waals surface area contributed by atoms with Crippen molar-refractivity contribution in [2.75, 3.05) is 36.2 Å². The van der Waals surface area contributed by atoms with Gasteiger partial charge in [-0.15, -0.1) is 0 Å². The van der Waals surface area contributed by atoms with Crippen molar-refractivity contribution < 1.29 is 78.5 Å². The monoisotopic (exact) mass is 1000 g/mol. The van der Waals surface area contributed by atoms with Gasteiger partial charge in [-0.25, -0.2) is 9.59 Å². The first-order chi connectivity index (χ1) is 32.5. The number of hydrogen-bond acceptors (Lipinski definition) is 20. The number of carbonyl (C=O) groups is 8. The Morgan fingerprint density at radius 3 is 1.21 bits per heavy atom. The van der Waals surface area contributed by atoms with E-state index in [1.54, 1.807) is 36.4 Å². The van der Waals surface area contributed by atoms with Crippen molar-refractivity contribution in [2.24, 2.45) is 9.98 Å². The lowest BCUT2D eigenvalue weighted by molar-refractivity contribution is -0.308. The van der Waals surface area contributed by atoms with Crippen molar-refractivity contribution >= 4 is 124 Å². The third kappa shape index (κ3) is 10.8.